The molecule has 0 saturated carbocycles. The molecule has 0 aliphatic rings. The fourth-order valence-electron chi connectivity index (χ4n) is 2.70. The van der Waals surface area contributed by atoms with Crippen molar-refractivity contribution < 1.29 is 9.18 Å². The minimum atomic E-state index is -0.334. The van der Waals surface area contributed by atoms with E-state index in [0.29, 0.717) is 5.56 Å². The van der Waals surface area contributed by atoms with E-state index in [1.54, 1.807) is 18.2 Å². The molecule has 1 atom stereocenters. The Morgan fingerprint density at radius 1 is 0.833 bits per heavy atom. The normalized spacial score (nSPS) is 11.8. The molecule has 3 rings (SSSR count). The maximum absolute atomic E-state index is 13.2. The average Bonchev–Trinajstić information content (AvgIpc) is 2.61. The second-order valence-corrected chi connectivity index (χ2v) is 5.68. The van der Waals surface area contributed by atoms with Gasteiger partial charge in [0.1, 0.15) is 5.82 Å². The summed E-state index contributed by atoms with van der Waals surface area (Å²) in [5.74, 6) is -0.443. The molecular weight excluding hydrogens is 301 g/mol. The Kier molecular flexibility index (Phi) is 4.71. The summed E-state index contributed by atoms with van der Waals surface area (Å²) < 4.78 is 13.2. The summed E-state index contributed by atoms with van der Waals surface area (Å²) >= 11 is 0. The van der Waals surface area contributed by atoms with Crippen molar-refractivity contribution in [1.82, 2.24) is 5.32 Å². The van der Waals surface area contributed by atoms with Crippen molar-refractivity contribution in [2.24, 2.45) is 0 Å². The molecule has 24 heavy (non-hydrogen) atoms. The highest BCUT2D eigenvalue weighted by Crippen LogP contribution is 2.23. The molecular formula is C21H18FNO. The van der Waals surface area contributed by atoms with Gasteiger partial charge in [-0.3, -0.25) is 4.79 Å². The van der Waals surface area contributed by atoms with Crippen LogP contribution >= 0.6 is 0 Å². The highest BCUT2D eigenvalue weighted by Gasteiger charge is 2.18. The number of halogens is 1. The van der Waals surface area contributed by atoms with E-state index in [1.165, 1.54) is 12.1 Å². The Morgan fingerprint density at radius 3 is 2.08 bits per heavy atom. The van der Waals surface area contributed by atoms with Crippen molar-refractivity contribution in [2.75, 3.05) is 0 Å². The molecule has 0 saturated heterocycles. The van der Waals surface area contributed by atoms with Gasteiger partial charge in [0.15, 0.2) is 0 Å². The molecule has 1 amide bonds. The summed E-state index contributed by atoms with van der Waals surface area (Å²) in [7, 11) is 0. The van der Waals surface area contributed by atoms with Crippen LogP contribution in [0.4, 0.5) is 4.39 Å². The number of hydrogen-bond donors (Lipinski definition) is 1. The number of carbonyl (C=O) groups is 1. The van der Waals surface area contributed by atoms with Crippen molar-refractivity contribution >= 4 is 5.91 Å². The van der Waals surface area contributed by atoms with E-state index in [1.807, 2.05) is 55.5 Å². The van der Waals surface area contributed by atoms with Gasteiger partial charge in [0, 0.05) is 5.56 Å². The van der Waals surface area contributed by atoms with Crippen LogP contribution in [-0.2, 0) is 0 Å². The predicted octanol–water partition coefficient (Wildman–Crippen LogP) is 4.65. The smallest absolute Gasteiger partial charge is 0.252 e. The number of carbonyl (C=O) groups excluding carboxylic acids is 1. The topological polar surface area (TPSA) is 29.1 Å². The molecule has 1 unspecified atom stereocenters. The third kappa shape index (κ3) is 3.51. The molecule has 0 bridgehead atoms. The minimum absolute atomic E-state index is 0.147. The maximum Gasteiger partial charge on any atom is 0.252 e. The molecule has 3 heteroatoms. The molecule has 120 valence electrons. The fraction of sp³-hybridized carbons (Fsp3) is 0.0952. The maximum atomic E-state index is 13.2. The Morgan fingerprint density at radius 2 is 1.42 bits per heavy atom. The van der Waals surface area contributed by atoms with Crippen LogP contribution in [0.3, 0.4) is 0 Å². The zero-order valence-corrected chi connectivity index (χ0v) is 13.4. The van der Waals surface area contributed by atoms with E-state index < -0.39 is 0 Å². The Bertz CT molecular complexity index is 828. The van der Waals surface area contributed by atoms with Crippen molar-refractivity contribution in [3.8, 4) is 0 Å². The molecule has 0 aromatic heterocycles. The minimum Gasteiger partial charge on any atom is -0.341 e. The lowest BCUT2D eigenvalue weighted by Gasteiger charge is -2.20. The fourth-order valence-corrected chi connectivity index (χ4v) is 2.70. The van der Waals surface area contributed by atoms with Crippen molar-refractivity contribution in [1.29, 1.82) is 0 Å². The van der Waals surface area contributed by atoms with Gasteiger partial charge in [0.25, 0.3) is 5.91 Å². The summed E-state index contributed by atoms with van der Waals surface area (Å²) in [6.07, 6.45) is 0. The highest BCUT2D eigenvalue weighted by molar-refractivity contribution is 5.96. The second-order valence-electron chi connectivity index (χ2n) is 5.68. The average molecular weight is 319 g/mol. The van der Waals surface area contributed by atoms with Crippen molar-refractivity contribution in [3.63, 3.8) is 0 Å². The molecule has 0 radical (unpaired) electrons. The zero-order valence-electron chi connectivity index (χ0n) is 13.4. The zero-order chi connectivity index (χ0) is 16.9. The molecule has 0 spiro atoms. The first-order valence-electron chi connectivity index (χ1n) is 7.82. The van der Waals surface area contributed by atoms with Crippen LogP contribution in [0.2, 0.25) is 0 Å². The number of benzene rings is 3. The SMILES string of the molecule is Cc1ccccc1C(=O)NC(c1ccccc1)c1ccc(F)cc1. The highest BCUT2D eigenvalue weighted by atomic mass is 19.1. The standard InChI is InChI=1S/C21H18FNO/c1-15-7-5-6-10-19(15)21(24)23-20(16-8-3-2-4-9-16)17-11-13-18(22)14-12-17/h2-14,20H,1H3,(H,23,24). The summed E-state index contributed by atoms with van der Waals surface area (Å²) in [6, 6.07) is 23.0. The Balaban J connectivity index is 1.95. The molecule has 0 aliphatic carbocycles. The monoisotopic (exact) mass is 319 g/mol. The first-order valence-corrected chi connectivity index (χ1v) is 7.82. The third-order valence-corrected chi connectivity index (χ3v) is 4.00. The predicted molar refractivity (Wildman–Crippen MR) is 93.3 cm³/mol. The van der Waals surface area contributed by atoms with Crippen molar-refractivity contribution in [2.45, 2.75) is 13.0 Å². The first kappa shape index (κ1) is 15.9. The van der Waals surface area contributed by atoms with Crippen LogP contribution in [-0.4, -0.2) is 5.91 Å². The summed E-state index contributed by atoms with van der Waals surface area (Å²) in [4.78, 5) is 12.7. The molecule has 3 aromatic rings. The number of nitrogens with one attached hydrogen (secondary N) is 1. The Labute approximate surface area is 141 Å². The van der Waals surface area contributed by atoms with Gasteiger partial charge in [0.2, 0.25) is 0 Å². The van der Waals surface area contributed by atoms with Crippen LogP contribution in [0.15, 0.2) is 78.9 Å². The van der Waals surface area contributed by atoms with Gasteiger partial charge in [-0.1, -0.05) is 60.7 Å². The molecule has 0 aliphatic heterocycles. The van der Waals surface area contributed by atoms with E-state index in [9.17, 15) is 9.18 Å². The molecule has 0 heterocycles. The second kappa shape index (κ2) is 7.09. The lowest BCUT2D eigenvalue weighted by Crippen LogP contribution is -2.29. The van der Waals surface area contributed by atoms with E-state index in [2.05, 4.69) is 5.32 Å². The van der Waals surface area contributed by atoms with Crippen LogP contribution in [0.25, 0.3) is 0 Å². The van der Waals surface area contributed by atoms with Gasteiger partial charge in [-0.25, -0.2) is 4.39 Å². The summed E-state index contributed by atoms with van der Waals surface area (Å²) in [5.41, 5.74) is 3.34. The summed E-state index contributed by atoms with van der Waals surface area (Å²) in [6.45, 7) is 1.91. The number of amides is 1. The third-order valence-electron chi connectivity index (χ3n) is 4.00. The quantitative estimate of drug-likeness (QED) is 0.745. The van der Waals surface area contributed by atoms with E-state index in [0.717, 1.165) is 16.7 Å². The van der Waals surface area contributed by atoms with E-state index >= 15 is 0 Å². The van der Waals surface area contributed by atoms with Gasteiger partial charge in [0.05, 0.1) is 6.04 Å². The molecule has 1 N–H and O–H groups in total. The number of rotatable bonds is 4. The van der Waals surface area contributed by atoms with Crippen LogP contribution < -0.4 is 5.32 Å². The molecule has 0 fully saturated rings. The number of hydrogen-bond acceptors (Lipinski definition) is 1. The largest absolute Gasteiger partial charge is 0.341 e. The van der Waals surface area contributed by atoms with Crippen LogP contribution in [0, 0.1) is 12.7 Å². The van der Waals surface area contributed by atoms with Gasteiger partial charge in [-0.05, 0) is 41.8 Å². The van der Waals surface area contributed by atoms with Gasteiger partial charge >= 0.3 is 0 Å². The Hall–Kier alpha value is -2.94. The van der Waals surface area contributed by atoms with Crippen LogP contribution in [0.1, 0.15) is 33.1 Å². The van der Waals surface area contributed by atoms with E-state index in [-0.39, 0.29) is 17.8 Å². The van der Waals surface area contributed by atoms with Gasteiger partial charge in [-0.2, -0.15) is 0 Å². The lowest BCUT2D eigenvalue weighted by atomic mass is 9.98. The number of aryl methyl sites for hydroxylation is 1. The van der Waals surface area contributed by atoms with Crippen molar-refractivity contribution in [3.05, 3.63) is 107 Å². The summed E-state index contributed by atoms with van der Waals surface area (Å²) in [5, 5.41) is 3.06. The lowest BCUT2D eigenvalue weighted by molar-refractivity contribution is 0.0942. The first-order chi connectivity index (χ1) is 11.6. The van der Waals surface area contributed by atoms with Gasteiger partial charge in [-0.15, -0.1) is 0 Å². The van der Waals surface area contributed by atoms with Crippen LogP contribution in [0.5, 0.6) is 0 Å². The van der Waals surface area contributed by atoms with E-state index in [4.69, 9.17) is 0 Å². The van der Waals surface area contributed by atoms with Gasteiger partial charge < -0.3 is 5.32 Å². The molecule has 2 nitrogen and oxygen atoms in total. The molecule has 3 aromatic carbocycles.